The van der Waals surface area contributed by atoms with E-state index in [4.69, 9.17) is 15.2 Å². The van der Waals surface area contributed by atoms with Crippen molar-refractivity contribution in [2.24, 2.45) is 10.7 Å². The molecular formula is C16H19N3O3. The van der Waals surface area contributed by atoms with Crippen molar-refractivity contribution in [3.8, 4) is 17.2 Å². The standard InChI is InChI=1S/C16H19N3O3/c1-21-13-5-3-4-12(9-13)19-16(17)18-10-11-6-7-15(22-2)14(20)8-11/h3-9,20H,10H2,1-2H3,(H3,17,18,19). The molecule has 0 aliphatic rings. The molecule has 0 bridgehead atoms. The zero-order chi connectivity index (χ0) is 15.9. The molecule has 2 rings (SSSR count). The van der Waals surface area contributed by atoms with Crippen molar-refractivity contribution in [1.82, 2.24) is 0 Å². The molecule has 0 fully saturated rings. The largest absolute Gasteiger partial charge is 0.504 e. The van der Waals surface area contributed by atoms with Gasteiger partial charge in [-0.3, -0.25) is 0 Å². The van der Waals surface area contributed by atoms with Crippen LogP contribution in [0.1, 0.15) is 5.56 Å². The zero-order valence-electron chi connectivity index (χ0n) is 12.5. The quantitative estimate of drug-likeness (QED) is 0.582. The molecule has 4 N–H and O–H groups in total. The van der Waals surface area contributed by atoms with Crippen molar-refractivity contribution in [2.45, 2.75) is 6.54 Å². The molecule has 0 aliphatic carbocycles. The minimum Gasteiger partial charge on any atom is -0.504 e. The predicted octanol–water partition coefficient (Wildman–Crippen LogP) is 2.34. The number of methoxy groups -OCH3 is 2. The summed E-state index contributed by atoms with van der Waals surface area (Å²) in [5.41, 5.74) is 7.47. The molecule has 2 aromatic rings. The molecule has 0 unspecified atom stereocenters. The minimum atomic E-state index is 0.0783. The Kier molecular flexibility index (Phi) is 5.08. The van der Waals surface area contributed by atoms with E-state index in [0.29, 0.717) is 12.3 Å². The Hall–Kier alpha value is -2.89. The average molecular weight is 301 g/mol. The van der Waals surface area contributed by atoms with Crippen LogP contribution in [0.4, 0.5) is 5.69 Å². The molecule has 22 heavy (non-hydrogen) atoms. The first kappa shape index (κ1) is 15.5. The molecule has 6 nitrogen and oxygen atoms in total. The molecule has 116 valence electrons. The van der Waals surface area contributed by atoms with E-state index in [1.165, 1.54) is 7.11 Å². The van der Waals surface area contributed by atoms with Crippen LogP contribution in [-0.2, 0) is 6.54 Å². The maximum atomic E-state index is 9.72. The van der Waals surface area contributed by atoms with E-state index in [-0.39, 0.29) is 11.7 Å². The summed E-state index contributed by atoms with van der Waals surface area (Å²) in [5.74, 6) is 1.52. The predicted molar refractivity (Wildman–Crippen MR) is 86.6 cm³/mol. The van der Waals surface area contributed by atoms with Gasteiger partial charge in [0.15, 0.2) is 17.5 Å². The molecule has 0 radical (unpaired) electrons. The van der Waals surface area contributed by atoms with Crippen LogP contribution in [0, 0.1) is 0 Å². The highest BCUT2D eigenvalue weighted by atomic mass is 16.5. The average Bonchev–Trinajstić information content (AvgIpc) is 2.53. The van der Waals surface area contributed by atoms with Crippen LogP contribution in [0.25, 0.3) is 0 Å². The van der Waals surface area contributed by atoms with E-state index in [0.717, 1.165) is 17.0 Å². The van der Waals surface area contributed by atoms with Gasteiger partial charge >= 0.3 is 0 Å². The number of benzene rings is 2. The highest BCUT2D eigenvalue weighted by Crippen LogP contribution is 2.26. The fourth-order valence-electron chi connectivity index (χ4n) is 1.90. The van der Waals surface area contributed by atoms with E-state index < -0.39 is 0 Å². The van der Waals surface area contributed by atoms with Crippen LogP contribution >= 0.6 is 0 Å². The van der Waals surface area contributed by atoms with Crippen molar-refractivity contribution in [3.63, 3.8) is 0 Å². The highest BCUT2D eigenvalue weighted by Gasteiger charge is 2.02. The van der Waals surface area contributed by atoms with Crippen molar-refractivity contribution in [2.75, 3.05) is 19.5 Å². The fraction of sp³-hybridized carbons (Fsp3) is 0.188. The first-order valence-electron chi connectivity index (χ1n) is 6.69. The summed E-state index contributed by atoms with van der Waals surface area (Å²) >= 11 is 0. The van der Waals surface area contributed by atoms with Gasteiger partial charge in [0.2, 0.25) is 0 Å². The van der Waals surface area contributed by atoms with Gasteiger partial charge in [-0.2, -0.15) is 0 Å². The summed E-state index contributed by atoms with van der Waals surface area (Å²) in [5, 5.41) is 12.7. The second-order valence-corrected chi connectivity index (χ2v) is 4.56. The topological polar surface area (TPSA) is 89.1 Å². The Bertz CT molecular complexity index is 671. The number of hydrogen-bond donors (Lipinski definition) is 3. The number of phenolic OH excluding ortho intramolecular Hbond substituents is 1. The molecule has 0 amide bonds. The fourth-order valence-corrected chi connectivity index (χ4v) is 1.90. The Morgan fingerprint density at radius 3 is 2.68 bits per heavy atom. The van der Waals surface area contributed by atoms with E-state index in [9.17, 15) is 5.11 Å². The molecule has 0 spiro atoms. The summed E-state index contributed by atoms with van der Waals surface area (Å²) in [4.78, 5) is 4.23. The van der Waals surface area contributed by atoms with Crippen LogP contribution in [0.15, 0.2) is 47.5 Å². The number of aromatic hydroxyl groups is 1. The van der Waals surface area contributed by atoms with Crippen molar-refractivity contribution >= 4 is 11.6 Å². The number of ether oxygens (including phenoxy) is 2. The normalized spacial score (nSPS) is 11.1. The number of rotatable bonds is 5. The van der Waals surface area contributed by atoms with Gasteiger partial charge in [-0.1, -0.05) is 12.1 Å². The second kappa shape index (κ2) is 7.21. The zero-order valence-corrected chi connectivity index (χ0v) is 12.5. The molecule has 0 aromatic heterocycles. The van der Waals surface area contributed by atoms with Crippen LogP contribution < -0.4 is 20.5 Å². The number of nitrogens with zero attached hydrogens (tertiary/aromatic N) is 1. The molecule has 2 aromatic carbocycles. The summed E-state index contributed by atoms with van der Waals surface area (Å²) in [6.07, 6.45) is 0. The summed E-state index contributed by atoms with van der Waals surface area (Å²) in [6, 6.07) is 12.5. The number of phenols is 1. The smallest absolute Gasteiger partial charge is 0.193 e. The Balaban J connectivity index is 2.01. The lowest BCUT2D eigenvalue weighted by Gasteiger charge is -2.08. The van der Waals surface area contributed by atoms with Crippen molar-refractivity contribution < 1.29 is 14.6 Å². The summed E-state index contributed by atoms with van der Waals surface area (Å²) in [6.45, 7) is 0.348. The van der Waals surface area contributed by atoms with Gasteiger partial charge in [-0.05, 0) is 29.8 Å². The molecule has 0 saturated carbocycles. The summed E-state index contributed by atoms with van der Waals surface area (Å²) in [7, 11) is 3.11. The molecule has 0 atom stereocenters. The lowest BCUT2D eigenvalue weighted by atomic mass is 10.2. The molecule has 6 heteroatoms. The Labute approximate surface area is 129 Å². The monoisotopic (exact) mass is 301 g/mol. The van der Waals surface area contributed by atoms with Crippen LogP contribution in [0.3, 0.4) is 0 Å². The number of guanidine groups is 1. The Morgan fingerprint density at radius 2 is 2.00 bits per heavy atom. The molecule has 0 heterocycles. The second-order valence-electron chi connectivity index (χ2n) is 4.56. The minimum absolute atomic E-state index is 0.0783. The number of nitrogens with two attached hydrogens (primary N) is 1. The van der Waals surface area contributed by atoms with E-state index in [2.05, 4.69) is 10.3 Å². The van der Waals surface area contributed by atoms with Crippen molar-refractivity contribution in [3.05, 3.63) is 48.0 Å². The van der Waals surface area contributed by atoms with Gasteiger partial charge in [0, 0.05) is 11.8 Å². The lowest BCUT2D eigenvalue weighted by Crippen LogP contribution is -2.22. The number of anilines is 1. The Morgan fingerprint density at radius 1 is 1.18 bits per heavy atom. The lowest BCUT2D eigenvalue weighted by molar-refractivity contribution is 0.373. The molecular weight excluding hydrogens is 282 g/mol. The third kappa shape index (κ3) is 4.05. The van der Waals surface area contributed by atoms with Crippen LogP contribution in [0.2, 0.25) is 0 Å². The van der Waals surface area contributed by atoms with Crippen LogP contribution in [0.5, 0.6) is 17.2 Å². The third-order valence-electron chi connectivity index (χ3n) is 3.02. The van der Waals surface area contributed by atoms with Gasteiger partial charge in [-0.25, -0.2) is 4.99 Å². The maximum absolute atomic E-state index is 9.72. The number of aliphatic imine (C=N–C) groups is 1. The first-order valence-corrected chi connectivity index (χ1v) is 6.69. The molecule has 0 saturated heterocycles. The maximum Gasteiger partial charge on any atom is 0.193 e. The van der Waals surface area contributed by atoms with E-state index in [1.54, 1.807) is 19.2 Å². The number of nitrogens with one attached hydrogen (secondary N) is 1. The van der Waals surface area contributed by atoms with E-state index >= 15 is 0 Å². The first-order chi connectivity index (χ1) is 10.6. The van der Waals surface area contributed by atoms with Crippen molar-refractivity contribution in [1.29, 1.82) is 0 Å². The van der Waals surface area contributed by atoms with Gasteiger partial charge in [0.25, 0.3) is 0 Å². The van der Waals surface area contributed by atoms with Gasteiger partial charge in [0.05, 0.1) is 20.8 Å². The summed E-state index contributed by atoms with van der Waals surface area (Å²) < 4.78 is 10.1. The van der Waals surface area contributed by atoms with E-state index in [1.807, 2.05) is 30.3 Å². The number of hydrogen-bond acceptors (Lipinski definition) is 4. The van der Waals surface area contributed by atoms with Gasteiger partial charge < -0.3 is 25.6 Å². The highest BCUT2D eigenvalue weighted by molar-refractivity contribution is 5.92. The van der Waals surface area contributed by atoms with Gasteiger partial charge in [0.1, 0.15) is 5.75 Å². The molecule has 0 aliphatic heterocycles. The van der Waals surface area contributed by atoms with Crippen LogP contribution in [-0.4, -0.2) is 25.3 Å². The van der Waals surface area contributed by atoms with Gasteiger partial charge in [-0.15, -0.1) is 0 Å². The SMILES string of the molecule is COc1cccc(NC(N)=NCc2ccc(OC)c(O)c2)c1. The third-order valence-corrected chi connectivity index (χ3v) is 3.02.